The zero-order valence-corrected chi connectivity index (χ0v) is 7.49. The largest absolute Gasteiger partial charge is 0.495 e. The molecule has 1 atom stereocenters. The molecule has 0 saturated carbocycles. The maximum atomic E-state index is 9.22. The zero-order valence-electron chi connectivity index (χ0n) is 7.49. The summed E-state index contributed by atoms with van der Waals surface area (Å²) in [5.74, 6) is 0.991. The van der Waals surface area contributed by atoms with Crippen LogP contribution in [0, 0.1) is 0 Å². The molecular formula is C10H16O2. The molecule has 68 valence electrons. The molecule has 1 N–H and O–H groups in total. The first kappa shape index (κ1) is 9.33. The van der Waals surface area contributed by atoms with Gasteiger partial charge in [-0.3, -0.25) is 0 Å². The molecule has 0 saturated heterocycles. The summed E-state index contributed by atoms with van der Waals surface area (Å²) in [5.41, 5.74) is 0. The smallest absolute Gasteiger partial charge is 0.114 e. The highest BCUT2D eigenvalue weighted by Crippen LogP contribution is 2.13. The maximum absolute atomic E-state index is 9.22. The van der Waals surface area contributed by atoms with Gasteiger partial charge in [-0.05, 0) is 18.9 Å². The predicted molar refractivity (Wildman–Crippen MR) is 48.7 cm³/mol. The number of allylic oxidation sites excluding steroid dienone is 4. The van der Waals surface area contributed by atoms with E-state index in [0.29, 0.717) is 6.61 Å². The molecule has 1 aliphatic carbocycles. The average Bonchev–Trinajstić information content (AvgIpc) is 2.16. The van der Waals surface area contributed by atoms with E-state index in [9.17, 15) is 5.11 Å². The van der Waals surface area contributed by atoms with E-state index in [4.69, 9.17) is 4.74 Å². The number of aliphatic hydroxyl groups is 1. The molecule has 2 nitrogen and oxygen atoms in total. The highest BCUT2D eigenvalue weighted by Gasteiger charge is 2.04. The standard InChI is InChI=1S/C10H16O2/c1-2-9(11)8-12-10-6-4-3-5-7-10/h3-4,6,9,11H,2,5,7-8H2,1H3. The van der Waals surface area contributed by atoms with Crippen molar-refractivity contribution in [3.05, 3.63) is 24.0 Å². The van der Waals surface area contributed by atoms with Crippen molar-refractivity contribution in [2.75, 3.05) is 6.61 Å². The van der Waals surface area contributed by atoms with Crippen LogP contribution in [0.4, 0.5) is 0 Å². The van der Waals surface area contributed by atoms with Crippen molar-refractivity contribution in [2.24, 2.45) is 0 Å². The number of aliphatic hydroxyl groups excluding tert-OH is 1. The van der Waals surface area contributed by atoms with Crippen molar-refractivity contribution in [3.63, 3.8) is 0 Å². The van der Waals surface area contributed by atoms with Crippen LogP contribution in [0.2, 0.25) is 0 Å². The zero-order chi connectivity index (χ0) is 8.81. The first-order valence-electron chi connectivity index (χ1n) is 4.49. The van der Waals surface area contributed by atoms with Gasteiger partial charge in [-0.25, -0.2) is 0 Å². The van der Waals surface area contributed by atoms with Crippen molar-refractivity contribution >= 4 is 0 Å². The van der Waals surface area contributed by atoms with E-state index in [1.807, 2.05) is 19.1 Å². The molecule has 0 fully saturated rings. The Morgan fingerprint density at radius 2 is 2.50 bits per heavy atom. The SMILES string of the molecule is CCC(O)COC1=CC=CCC1. The van der Waals surface area contributed by atoms with Gasteiger partial charge in [0.2, 0.25) is 0 Å². The van der Waals surface area contributed by atoms with Crippen LogP contribution in [-0.4, -0.2) is 17.8 Å². The predicted octanol–water partition coefficient (Wildman–Crippen LogP) is 2.01. The van der Waals surface area contributed by atoms with E-state index in [0.717, 1.165) is 25.0 Å². The lowest BCUT2D eigenvalue weighted by molar-refractivity contribution is 0.0659. The Morgan fingerprint density at radius 3 is 3.08 bits per heavy atom. The van der Waals surface area contributed by atoms with Crippen molar-refractivity contribution in [2.45, 2.75) is 32.3 Å². The van der Waals surface area contributed by atoms with Gasteiger partial charge in [0.25, 0.3) is 0 Å². The summed E-state index contributed by atoms with van der Waals surface area (Å²) >= 11 is 0. The lowest BCUT2D eigenvalue weighted by atomic mass is 10.2. The maximum Gasteiger partial charge on any atom is 0.114 e. The molecule has 0 aromatic rings. The molecule has 1 aliphatic rings. The van der Waals surface area contributed by atoms with Gasteiger partial charge in [-0.2, -0.15) is 0 Å². The van der Waals surface area contributed by atoms with Crippen LogP contribution in [0.15, 0.2) is 24.0 Å². The van der Waals surface area contributed by atoms with Crippen LogP contribution in [0.3, 0.4) is 0 Å². The molecule has 0 bridgehead atoms. The van der Waals surface area contributed by atoms with Crippen LogP contribution < -0.4 is 0 Å². The van der Waals surface area contributed by atoms with Gasteiger partial charge in [0, 0.05) is 6.42 Å². The lowest BCUT2D eigenvalue weighted by Crippen LogP contribution is -2.13. The van der Waals surface area contributed by atoms with Crippen LogP contribution in [0.25, 0.3) is 0 Å². The normalized spacial score (nSPS) is 18.7. The van der Waals surface area contributed by atoms with Crippen molar-refractivity contribution < 1.29 is 9.84 Å². The molecule has 0 aromatic carbocycles. The first-order valence-corrected chi connectivity index (χ1v) is 4.49. The Kier molecular flexibility index (Phi) is 3.88. The van der Waals surface area contributed by atoms with Crippen LogP contribution in [-0.2, 0) is 4.74 Å². The first-order chi connectivity index (χ1) is 5.83. The molecule has 0 spiro atoms. The fourth-order valence-corrected chi connectivity index (χ4v) is 1.02. The number of hydrogen-bond donors (Lipinski definition) is 1. The minimum atomic E-state index is -0.322. The summed E-state index contributed by atoms with van der Waals surface area (Å²) in [5, 5.41) is 9.22. The summed E-state index contributed by atoms with van der Waals surface area (Å²) < 4.78 is 5.40. The van der Waals surface area contributed by atoms with E-state index >= 15 is 0 Å². The van der Waals surface area contributed by atoms with Crippen LogP contribution >= 0.6 is 0 Å². The van der Waals surface area contributed by atoms with Crippen molar-refractivity contribution in [3.8, 4) is 0 Å². The Morgan fingerprint density at radius 1 is 1.67 bits per heavy atom. The number of rotatable bonds is 4. The number of ether oxygens (including phenoxy) is 1. The molecule has 0 radical (unpaired) electrons. The molecule has 1 unspecified atom stereocenters. The van der Waals surface area contributed by atoms with E-state index in [1.54, 1.807) is 0 Å². The summed E-state index contributed by atoms with van der Waals surface area (Å²) in [4.78, 5) is 0. The molecule has 0 heterocycles. The fraction of sp³-hybridized carbons (Fsp3) is 0.600. The van der Waals surface area contributed by atoms with Gasteiger partial charge in [0.05, 0.1) is 11.9 Å². The third-order valence-electron chi connectivity index (χ3n) is 1.91. The average molecular weight is 168 g/mol. The van der Waals surface area contributed by atoms with E-state index in [2.05, 4.69) is 6.08 Å². The Bertz CT molecular complexity index is 182. The summed E-state index contributed by atoms with van der Waals surface area (Å²) in [6.07, 6.45) is 8.52. The van der Waals surface area contributed by atoms with Gasteiger partial charge in [0.1, 0.15) is 6.61 Å². The van der Waals surface area contributed by atoms with Gasteiger partial charge < -0.3 is 9.84 Å². The van der Waals surface area contributed by atoms with Gasteiger partial charge in [-0.15, -0.1) is 0 Å². The van der Waals surface area contributed by atoms with Crippen molar-refractivity contribution in [1.29, 1.82) is 0 Å². The topological polar surface area (TPSA) is 29.5 Å². The van der Waals surface area contributed by atoms with Crippen LogP contribution in [0.1, 0.15) is 26.2 Å². The minimum absolute atomic E-state index is 0.322. The molecule has 0 amide bonds. The molecule has 0 aliphatic heterocycles. The third-order valence-corrected chi connectivity index (χ3v) is 1.91. The second-order valence-electron chi connectivity index (χ2n) is 2.97. The molecular weight excluding hydrogens is 152 g/mol. The summed E-state index contributed by atoms with van der Waals surface area (Å²) in [6.45, 7) is 2.37. The van der Waals surface area contributed by atoms with Gasteiger partial charge in [0.15, 0.2) is 0 Å². The molecule has 0 aromatic heterocycles. The quantitative estimate of drug-likeness (QED) is 0.695. The summed E-state index contributed by atoms with van der Waals surface area (Å²) in [6, 6.07) is 0. The van der Waals surface area contributed by atoms with Gasteiger partial charge >= 0.3 is 0 Å². The monoisotopic (exact) mass is 168 g/mol. The van der Waals surface area contributed by atoms with E-state index in [1.165, 1.54) is 0 Å². The second-order valence-corrected chi connectivity index (χ2v) is 2.97. The Balaban J connectivity index is 2.22. The highest BCUT2D eigenvalue weighted by molar-refractivity contribution is 5.12. The fourth-order valence-electron chi connectivity index (χ4n) is 1.02. The Hall–Kier alpha value is -0.760. The second kappa shape index (κ2) is 4.99. The van der Waals surface area contributed by atoms with Crippen LogP contribution in [0.5, 0.6) is 0 Å². The summed E-state index contributed by atoms with van der Waals surface area (Å²) in [7, 11) is 0. The molecule has 12 heavy (non-hydrogen) atoms. The Labute approximate surface area is 73.5 Å². The van der Waals surface area contributed by atoms with E-state index in [-0.39, 0.29) is 6.10 Å². The minimum Gasteiger partial charge on any atom is -0.495 e. The third kappa shape index (κ3) is 3.09. The molecule has 2 heteroatoms. The number of hydrogen-bond acceptors (Lipinski definition) is 2. The molecule has 1 rings (SSSR count). The van der Waals surface area contributed by atoms with Gasteiger partial charge in [-0.1, -0.05) is 19.1 Å². The van der Waals surface area contributed by atoms with Crippen molar-refractivity contribution in [1.82, 2.24) is 0 Å². The lowest BCUT2D eigenvalue weighted by Gasteiger charge is -2.13. The highest BCUT2D eigenvalue weighted by atomic mass is 16.5. The van der Waals surface area contributed by atoms with E-state index < -0.39 is 0 Å².